The van der Waals surface area contributed by atoms with E-state index in [4.69, 9.17) is 10.5 Å². The molecule has 3 heteroatoms. The zero-order valence-electron chi connectivity index (χ0n) is 7.54. The molecule has 0 aromatic rings. The molecule has 2 aliphatic rings. The Balaban J connectivity index is 1.66. The smallest absolute Gasteiger partial charge is 0.0936 e. The number of rotatable bonds is 3. The van der Waals surface area contributed by atoms with Gasteiger partial charge in [-0.25, -0.2) is 0 Å². The highest BCUT2D eigenvalue weighted by atomic mass is 16.6. The maximum absolute atomic E-state index is 5.62. The minimum Gasteiger partial charge on any atom is -0.372 e. The summed E-state index contributed by atoms with van der Waals surface area (Å²) in [6.07, 6.45) is 3.12. The number of hydrogen-bond donors (Lipinski definition) is 1. The summed E-state index contributed by atoms with van der Waals surface area (Å²) in [5.41, 5.74) is 5.62. The van der Waals surface area contributed by atoms with Crippen LogP contribution < -0.4 is 5.73 Å². The fraction of sp³-hybridized carbons (Fsp3) is 1.00. The van der Waals surface area contributed by atoms with Crippen LogP contribution in [0.5, 0.6) is 0 Å². The van der Waals surface area contributed by atoms with E-state index < -0.39 is 0 Å². The fourth-order valence-electron chi connectivity index (χ4n) is 1.87. The quantitative estimate of drug-likeness (QED) is 0.609. The van der Waals surface area contributed by atoms with Crippen LogP contribution in [0.4, 0.5) is 0 Å². The van der Waals surface area contributed by atoms with Gasteiger partial charge in [-0.05, 0) is 38.4 Å². The third-order valence-corrected chi connectivity index (χ3v) is 2.90. The van der Waals surface area contributed by atoms with Crippen molar-refractivity contribution < 1.29 is 4.74 Å². The standard InChI is InChI=1S/C9H18N2O/c10-5-8-1-3-11(4-2-8)6-9-7-12-9/h8-9H,1-7,10H2. The van der Waals surface area contributed by atoms with E-state index in [1.165, 1.54) is 25.9 Å². The molecule has 70 valence electrons. The van der Waals surface area contributed by atoms with Crippen LogP contribution >= 0.6 is 0 Å². The molecule has 2 saturated heterocycles. The molecule has 2 heterocycles. The van der Waals surface area contributed by atoms with Crippen LogP contribution in [0.25, 0.3) is 0 Å². The van der Waals surface area contributed by atoms with Crippen LogP contribution in [0.3, 0.4) is 0 Å². The Morgan fingerprint density at radius 1 is 1.33 bits per heavy atom. The number of epoxide rings is 1. The van der Waals surface area contributed by atoms with Crippen molar-refractivity contribution in [3.05, 3.63) is 0 Å². The molecule has 2 fully saturated rings. The lowest BCUT2D eigenvalue weighted by Crippen LogP contribution is -2.38. The topological polar surface area (TPSA) is 41.8 Å². The van der Waals surface area contributed by atoms with Gasteiger partial charge in [-0.1, -0.05) is 0 Å². The minimum atomic E-state index is 0.555. The van der Waals surface area contributed by atoms with Gasteiger partial charge in [-0.3, -0.25) is 0 Å². The van der Waals surface area contributed by atoms with E-state index >= 15 is 0 Å². The number of nitrogens with zero attached hydrogens (tertiary/aromatic N) is 1. The molecule has 1 atom stereocenters. The molecule has 12 heavy (non-hydrogen) atoms. The first-order valence-electron chi connectivity index (χ1n) is 4.92. The van der Waals surface area contributed by atoms with Crippen LogP contribution in [-0.4, -0.2) is 43.8 Å². The average molecular weight is 170 g/mol. The van der Waals surface area contributed by atoms with Gasteiger partial charge in [0.25, 0.3) is 0 Å². The molecule has 3 nitrogen and oxygen atoms in total. The Hall–Kier alpha value is -0.120. The Morgan fingerprint density at radius 2 is 2.00 bits per heavy atom. The summed E-state index contributed by atoms with van der Waals surface area (Å²) in [4.78, 5) is 2.50. The molecule has 2 rings (SSSR count). The SMILES string of the molecule is NCC1CCN(CC2CO2)CC1. The number of nitrogens with two attached hydrogens (primary N) is 1. The second-order valence-electron chi connectivity index (χ2n) is 3.94. The summed E-state index contributed by atoms with van der Waals surface area (Å²) < 4.78 is 5.20. The Bertz CT molecular complexity index is 139. The van der Waals surface area contributed by atoms with Crippen LogP contribution in [0, 0.1) is 5.92 Å². The Labute approximate surface area is 73.9 Å². The maximum atomic E-state index is 5.62. The highest BCUT2D eigenvalue weighted by Gasteiger charge is 2.27. The highest BCUT2D eigenvalue weighted by Crippen LogP contribution is 2.18. The molecular weight excluding hydrogens is 152 g/mol. The van der Waals surface area contributed by atoms with E-state index in [2.05, 4.69) is 4.90 Å². The largest absolute Gasteiger partial charge is 0.372 e. The summed E-state index contributed by atoms with van der Waals surface area (Å²) in [7, 11) is 0. The van der Waals surface area contributed by atoms with Crippen molar-refractivity contribution in [3.8, 4) is 0 Å². The van der Waals surface area contributed by atoms with Gasteiger partial charge in [0.15, 0.2) is 0 Å². The second kappa shape index (κ2) is 3.73. The van der Waals surface area contributed by atoms with Crippen LogP contribution in [0.15, 0.2) is 0 Å². The molecule has 0 aromatic carbocycles. The lowest BCUT2D eigenvalue weighted by molar-refractivity contribution is 0.173. The third-order valence-electron chi connectivity index (χ3n) is 2.90. The zero-order valence-corrected chi connectivity index (χ0v) is 7.54. The van der Waals surface area contributed by atoms with Gasteiger partial charge in [0.2, 0.25) is 0 Å². The normalized spacial score (nSPS) is 32.2. The molecule has 0 aliphatic carbocycles. The van der Waals surface area contributed by atoms with Crippen molar-refractivity contribution in [3.63, 3.8) is 0 Å². The van der Waals surface area contributed by atoms with E-state index in [0.717, 1.165) is 25.6 Å². The number of ether oxygens (including phenoxy) is 1. The van der Waals surface area contributed by atoms with Crippen LogP contribution in [-0.2, 0) is 4.74 Å². The van der Waals surface area contributed by atoms with Crippen molar-refractivity contribution >= 4 is 0 Å². The molecule has 0 bridgehead atoms. The summed E-state index contributed by atoms with van der Waals surface area (Å²) in [5, 5.41) is 0. The first-order chi connectivity index (χ1) is 5.88. The van der Waals surface area contributed by atoms with Crippen molar-refractivity contribution in [1.29, 1.82) is 0 Å². The predicted molar refractivity (Wildman–Crippen MR) is 48.0 cm³/mol. The van der Waals surface area contributed by atoms with Crippen LogP contribution in [0.2, 0.25) is 0 Å². The Kier molecular flexibility index (Phi) is 2.63. The number of hydrogen-bond acceptors (Lipinski definition) is 3. The predicted octanol–water partition coefficient (Wildman–Crippen LogP) is 0.0559. The van der Waals surface area contributed by atoms with Gasteiger partial charge in [-0.15, -0.1) is 0 Å². The third kappa shape index (κ3) is 2.19. The lowest BCUT2D eigenvalue weighted by Gasteiger charge is -2.30. The molecule has 0 spiro atoms. The van der Waals surface area contributed by atoms with Crippen molar-refractivity contribution in [2.75, 3.05) is 32.8 Å². The van der Waals surface area contributed by atoms with Gasteiger partial charge >= 0.3 is 0 Å². The summed E-state index contributed by atoms with van der Waals surface area (Å²) in [6.45, 7) is 5.45. The molecular formula is C9H18N2O. The van der Waals surface area contributed by atoms with Crippen molar-refractivity contribution in [2.45, 2.75) is 18.9 Å². The second-order valence-corrected chi connectivity index (χ2v) is 3.94. The highest BCUT2D eigenvalue weighted by molar-refractivity contribution is 4.79. The molecule has 0 radical (unpaired) electrons. The molecule has 2 aliphatic heterocycles. The molecule has 0 aromatic heterocycles. The van der Waals surface area contributed by atoms with E-state index in [9.17, 15) is 0 Å². The summed E-state index contributed by atoms with van der Waals surface area (Å²) in [5.74, 6) is 0.779. The van der Waals surface area contributed by atoms with Crippen LogP contribution in [0.1, 0.15) is 12.8 Å². The first-order valence-corrected chi connectivity index (χ1v) is 4.92. The Morgan fingerprint density at radius 3 is 2.50 bits per heavy atom. The molecule has 2 N–H and O–H groups in total. The lowest BCUT2D eigenvalue weighted by atomic mass is 9.97. The van der Waals surface area contributed by atoms with Crippen molar-refractivity contribution in [1.82, 2.24) is 4.90 Å². The zero-order chi connectivity index (χ0) is 8.39. The maximum Gasteiger partial charge on any atom is 0.0936 e. The molecule has 0 amide bonds. The molecule has 0 saturated carbocycles. The van der Waals surface area contributed by atoms with Crippen molar-refractivity contribution in [2.24, 2.45) is 11.7 Å². The minimum absolute atomic E-state index is 0.555. The van der Waals surface area contributed by atoms with Gasteiger partial charge in [0, 0.05) is 6.54 Å². The summed E-state index contributed by atoms with van der Waals surface area (Å²) >= 11 is 0. The van der Waals surface area contributed by atoms with E-state index in [1.807, 2.05) is 0 Å². The van der Waals surface area contributed by atoms with Gasteiger partial charge in [0.05, 0.1) is 12.7 Å². The van der Waals surface area contributed by atoms with Gasteiger partial charge < -0.3 is 15.4 Å². The van der Waals surface area contributed by atoms with E-state index in [1.54, 1.807) is 0 Å². The number of likely N-dealkylation sites (tertiary alicyclic amines) is 1. The summed E-state index contributed by atoms with van der Waals surface area (Å²) in [6, 6.07) is 0. The average Bonchev–Trinajstić information content (AvgIpc) is 2.90. The van der Waals surface area contributed by atoms with Gasteiger partial charge in [-0.2, -0.15) is 0 Å². The monoisotopic (exact) mass is 170 g/mol. The first kappa shape index (κ1) is 8.48. The van der Waals surface area contributed by atoms with E-state index in [-0.39, 0.29) is 0 Å². The van der Waals surface area contributed by atoms with Gasteiger partial charge in [0.1, 0.15) is 0 Å². The fourth-order valence-corrected chi connectivity index (χ4v) is 1.87. The number of piperidine rings is 1. The van der Waals surface area contributed by atoms with E-state index in [0.29, 0.717) is 6.10 Å². The molecule has 1 unspecified atom stereocenters.